The van der Waals surface area contributed by atoms with Gasteiger partial charge in [-0.25, -0.2) is 4.79 Å². The van der Waals surface area contributed by atoms with E-state index in [-0.39, 0.29) is 17.9 Å². The van der Waals surface area contributed by atoms with E-state index in [2.05, 4.69) is 34.5 Å². The van der Waals surface area contributed by atoms with Gasteiger partial charge in [0.25, 0.3) is 0 Å². The highest BCUT2D eigenvalue weighted by molar-refractivity contribution is 5.79. The van der Waals surface area contributed by atoms with Crippen molar-refractivity contribution in [1.82, 2.24) is 15.1 Å². The summed E-state index contributed by atoms with van der Waals surface area (Å²) in [5, 5.41) is 3.08. The number of ether oxygens (including phenoxy) is 1. The van der Waals surface area contributed by atoms with Crippen LogP contribution in [0.15, 0.2) is 24.3 Å². The summed E-state index contributed by atoms with van der Waals surface area (Å²) in [5.41, 5.74) is 2.32. The Hall–Kier alpha value is -2.28. The summed E-state index contributed by atoms with van der Waals surface area (Å²) < 4.78 is 5.40. The van der Waals surface area contributed by atoms with Gasteiger partial charge in [0, 0.05) is 57.4 Å². The van der Waals surface area contributed by atoms with Crippen LogP contribution in [0.2, 0.25) is 0 Å². The van der Waals surface area contributed by atoms with Crippen LogP contribution in [0.3, 0.4) is 0 Å². The van der Waals surface area contributed by atoms with Gasteiger partial charge in [-0.15, -0.1) is 0 Å². The number of nitrogens with one attached hydrogen (secondary N) is 1. The second-order valence-corrected chi connectivity index (χ2v) is 8.22. The van der Waals surface area contributed by atoms with Crippen molar-refractivity contribution in [3.63, 3.8) is 0 Å². The summed E-state index contributed by atoms with van der Waals surface area (Å²) in [7, 11) is 0. The SMILES string of the molecule is O=C(NCc1ccc(N2CCOCC2)cc1)C1CCN(C(=O)N2CCCC2)CC1. The van der Waals surface area contributed by atoms with Gasteiger partial charge >= 0.3 is 6.03 Å². The Labute approximate surface area is 173 Å². The molecule has 3 aliphatic rings. The van der Waals surface area contributed by atoms with E-state index in [1.807, 2.05) is 9.80 Å². The predicted octanol–water partition coefficient (Wildman–Crippen LogP) is 2.07. The molecule has 7 nitrogen and oxygen atoms in total. The van der Waals surface area contributed by atoms with Gasteiger partial charge in [-0.3, -0.25) is 4.79 Å². The monoisotopic (exact) mass is 400 g/mol. The zero-order valence-corrected chi connectivity index (χ0v) is 17.1. The Morgan fingerprint density at radius 1 is 0.897 bits per heavy atom. The Balaban J connectivity index is 1.20. The van der Waals surface area contributed by atoms with E-state index in [0.29, 0.717) is 19.6 Å². The number of morpholine rings is 1. The van der Waals surface area contributed by atoms with Gasteiger partial charge in [-0.2, -0.15) is 0 Å². The van der Waals surface area contributed by atoms with Crippen molar-refractivity contribution in [1.29, 1.82) is 0 Å². The summed E-state index contributed by atoms with van der Waals surface area (Å²) in [5.74, 6) is 0.112. The highest BCUT2D eigenvalue weighted by Crippen LogP contribution is 2.21. The maximum Gasteiger partial charge on any atom is 0.319 e. The minimum atomic E-state index is 0.00486. The highest BCUT2D eigenvalue weighted by Gasteiger charge is 2.30. The lowest BCUT2D eigenvalue weighted by molar-refractivity contribution is -0.126. The molecule has 0 aliphatic carbocycles. The molecular weight excluding hydrogens is 368 g/mol. The van der Waals surface area contributed by atoms with Crippen molar-refractivity contribution in [3.8, 4) is 0 Å². The van der Waals surface area contributed by atoms with Gasteiger partial charge in [-0.05, 0) is 43.4 Å². The lowest BCUT2D eigenvalue weighted by Gasteiger charge is -2.34. The fourth-order valence-corrected chi connectivity index (χ4v) is 4.42. The van der Waals surface area contributed by atoms with Crippen LogP contribution in [-0.4, -0.2) is 74.2 Å². The molecule has 0 unspecified atom stereocenters. The van der Waals surface area contributed by atoms with Gasteiger partial charge in [0.1, 0.15) is 0 Å². The smallest absolute Gasteiger partial charge is 0.319 e. The maximum absolute atomic E-state index is 12.6. The van der Waals surface area contributed by atoms with Crippen LogP contribution in [-0.2, 0) is 16.1 Å². The van der Waals surface area contributed by atoms with E-state index in [1.165, 1.54) is 5.69 Å². The summed E-state index contributed by atoms with van der Waals surface area (Å²) in [6, 6.07) is 8.57. The molecule has 1 aromatic rings. The molecule has 3 aliphatic heterocycles. The van der Waals surface area contributed by atoms with Crippen molar-refractivity contribution in [3.05, 3.63) is 29.8 Å². The second-order valence-electron chi connectivity index (χ2n) is 8.22. The number of piperidine rings is 1. The molecule has 0 radical (unpaired) electrons. The van der Waals surface area contributed by atoms with Crippen molar-refractivity contribution in [2.75, 3.05) is 57.4 Å². The van der Waals surface area contributed by atoms with E-state index < -0.39 is 0 Å². The zero-order chi connectivity index (χ0) is 20.1. The second kappa shape index (κ2) is 9.48. The van der Waals surface area contributed by atoms with Crippen LogP contribution < -0.4 is 10.2 Å². The van der Waals surface area contributed by atoms with Gasteiger partial charge in [0.2, 0.25) is 5.91 Å². The first-order valence-corrected chi connectivity index (χ1v) is 10.9. The number of hydrogen-bond donors (Lipinski definition) is 1. The fourth-order valence-electron chi connectivity index (χ4n) is 4.42. The van der Waals surface area contributed by atoms with Crippen molar-refractivity contribution in [2.45, 2.75) is 32.2 Å². The molecule has 4 rings (SSSR count). The third-order valence-corrected chi connectivity index (χ3v) is 6.29. The summed E-state index contributed by atoms with van der Waals surface area (Å²) in [4.78, 5) is 31.2. The Morgan fingerprint density at radius 3 is 2.17 bits per heavy atom. The zero-order valence-electron chi connectivity index (χ0n) is 17.1. The molecule has 1 N–H and O–H groups in total. The van der Waals surface area contributed by atoms with Gasteiger partial charge in [0.05, 0.1) is 13.2 Å². The third kappa shape index (κ3) is 5.01. The van der Waals surface area contributed by atoms with E-state index >= 15 is 0 Å². The number of rotatable bonds is 4. The fraction of sp³-hybridized carbons (Fsp3) is 0.636. The number of carbonyl (C=O) groups excluding carboxylic acids is 2. The number of benzene rings is 1. The lowest BCUT2D eigenvalue weighted by Crippen LogP contribution is -2.47. The number of hydrogen-bond acceptors (Lipinski definition) is 4. The Morgan fingerprint density at radius 2 is 1.52 bits per heavy atom. The van der Waals surface area contributed by atoms with Crippen LogP contribution in [0.1, 0.15) is 31.2 Å². The molecule has 3 amide bonds. The van der Waals surface area contributed by atoms with Crippen LogP contribution in [0, 0.1) is 5.92 Å². The quantitative estimate of drug-likeness (QED) is 0.840. The molecule has 0 aromatic heterocycles. The van der Waals surface area contributed by atoms with Crippen LogP contribution in [0.25, 0.3) is 0 Å². The number of likely N-dealkylation sites (tertiary alicyclic amines) is 2. The first kappa shape index (κ1) is 20.0. The molecule has 3 saturated heterocycles. The highest BCUT2D eigenvalue weighted by atomic mass is 16.5. The lowest BCUT2D eigenvalue weighted by atomic mass is 9.96. The molecule has 3 heterocycles. The molecule has 0 saturated carbocycles. The van der Waals surface area contributed by atoms with E-state index in [0.717, 1.165) is 70.6 Å². The number of anilines is 1. The third-order valence-electron chi connectivity index (χ3n) is 6.29. The van der Waals surface area contributed by atoms with Crippen molar-refractivity contribution < 1.29 is 14.3 Å². The van der Waals surface area contributed by atoms with Gasteiger partial charge < -0.3 is 24.8 Å². The van der Waals surface area contributed by atoms with Crippen molar-refractivity contribution in [2.24, 2.45) is 5.92 Å². The predicted molar refractivity (Wildman–Crippen MR) is 112 cm³/mol. The maximum atomic E-state index is 12.6. The Kier molecular flexibility index (Phi) is 6.54. The molecule has 158 valence electrons. The summed E-state index contributed by atoms with van der Waals surface area (Å²) in [6.07, 6.45) is 3.72. The van der Waals surface area contributed by atoms with E-state index in [4.69, 9.17) is 4.74 Å². The molecule has 0 bridgehead atoms. The topological polar surface area (TPSA) is 65.1 Å². The normalized spacial score (nSPS) is 20.8. The number of amides is 3. The van der Waals surface area contributed by atoms with E-state index in [1.54, 1.807) is 0 Å². The number of carbonyl (C=O) groups is 2. The Bertz CT molecular complexity index is 689. The first-order valence-electron chi connectivity index (χ1n) is 10.9. The van der Waals surface area contributed by atoms with Crippen LogP contribution >= 0.6 is 0 Å². The van der Waals surface area contributed by atoms with Gasteiger partial charge in [0.15, 0.2) is 0 Å². The minimum Gasteiger partial charge on any atom is -0.378 e. The summed E-state index contributed by atoms with van der Waals surface area (Å²) >= 11 is 0. The average Bonchev–Trinajstić information content (AvgIpc) is 3.33. The first-order chi connectivity index (χ1) is 14.2. The largest absolute Gasteiger partial charge is 0.378 e. The van der Waals surface area contributed by atoms with Crippen LogP contribution in [0.5, 0.6) is 0 Å². The molecule has 29 heavy (non-hydrogen) atoms. The minimum absolute atomic E-state index is 0.00486. The van der Waals surface area contributed by atoms with Crippen LogP contribution in [0.4, 0.5) is 10.5 Å². The molecule has 7 heteroatoms. The molecule has 0 atom stereocenters. The van der Waals surface area contributed by atoms with Crippen molar-refractivity contribution >= 4 is 17.6 Å². The van der Waals surface area contributed by atoms with Gasteiger partial charge in [-0.1, -0.05) is 12.1 Å². The molecular formula is C22H32N4O3. The molecule has 1 aromatic carbocycles. The van der Waals surface area contributed by atoms with E-state index in [9.17, 15) is 9.59 Å². The number of nitrogens with zero attached hydrogens (tertiary/aromatic N) is 3. The number of urea groups is 1. The average molecular weight is 401 g/mol. The molecule has 3 fully saturated rings. The summed E-state index contributed by atoms with van der Waals surface area (Å²) in [6.45, 7) is 7.08. The standard InChI is InChI=1S/C22H32N4O3/c27-21(19-7-11-26(12-8-19)22(28)25-9-1-2-10-25)23-17-18-3-5-20(6-4-18)24-13-15-29-16-14-24/h3-6,19H,1-2,7-17H2,(H,23,27). The molecule has 0 spiro atoms.